The van der Waals surface area contributed by atoms with E-state index in [4.69, 9.17) is 19.9 Å². The number of aromatic nitrogens is 6. The average Bonchev–Trinajstić information content (AvgIpc) is 3.64. The Morgan fingerprint density at radius 2 is 0.839 bits per heavy atom. The molecule has 0 saturated heterocycles. The third-order valence-electron chi connectivity index (χ3n) is 12.0. The summed E-state index contributed by atoms with van der Waals surface area (Å²) in [7, 11) is 0. The molecule has 6 aromatic carbocycles. The summed E-state index contributed by atoms with van der Waals surface area (Å²) < 4.78 is 0. The van der Waals surface area contributed by atoms with Gasteiger partial charge in [-0.3, -0.25) is 9.97 Å². The smallest absolute Gasteiger partial charge is 0.164 e. The molecule has 0 fully saturated rings. The van der Waals surface area contributed by atoms with Crippen molar-refractivity contribution in [1.82, 2.24) is 29.9 Å². The second-order valence-electron chi connectivity index (χ2n) is 15.5. The van der Waals surface area contributed by atoms with Gasteiger partial charge in [-0.15, -0.1) is 0 Å². The van der Waals surface area contributed by atoms with Crippen molar-refractivity contribution in [3.05, 3.63) is 229 Å². The van der Waals surface area contributed by atoms with Crippen LogP contribution < -0.4 is 0 Å². The Hall–Kier alpha value is -7.87. The lowest BCUT2D eigenvalue weighted by Crippen LogP contribution is -2.31. The molecular weight excluding hydrogens is 777 g/mol. The van der Waals surface area contributed by atoms with Crippen molar-refractivity contribution in [1.29, 1.82) is 0 Å². The fourth-order valence-corrected chi connectivity index (χ4v) is 10.4. The number of rotatable bonds is 6. The zero-order valence-corrected chi connectivity index (χ0v) is 34.0. The van der Waals surface area contributed by atoms with Gasteiger partial charge >= 0.3 is 0 Å². The third kappa shape index (κ3) is 5.81. The molecule has 1 aliphatic heterocycles. The van der Waals surface area contributed by atoms with Crippen LogP contribution in [0.2, 0.25) is 0 Å². The zero-order chi connectivity index (χ0) is 41.0. The van der Waals surface area contributed by atoms with Crippen LogP contribution in [0.4, 0.5) is 0 Å². The fraction of sp³-hybridized carbons (Fsp3) is 0.0182. The number of pyridine rings is 3. The normalized spacial score (nSPS) is 12.9. The van der Waals surface area contributed by atoms with Crippen molar-refractivity contribution in [3.63, 3.8) is 0 Å². The van der Waals surface area contributed by atoms with Gasteiger partial charge in [0.15, 0.2) is 17.5 Å². The first-order chi connectivity index (χ1) is 30.7. The Morgan fingerprint density at radius 3 is 1.42 bits per heavy atom. The Morgan fingerprint density at radius 1 is 0.339 bits per heavy atom. The summed E-state index contributed by atoms with van der Waals surface area (Å²) in [6, 6.07) is 64.1. The summed E-state index contributed by atoms with van der Waals surface area (Å²) in [4.78, 5) is 32.0. The summed E-state index contributed by atoms with van der Waals surface area (Å²) in [6.07, 6.45) is 7.33. The Balaban J connectivity index is 1.11. The maximum atomic E-state index is 5.29. The Labute approximate surface area is 363 Å². The van der Waals surface area contributed by atoms with E-state index in [1.54, 1.807) is 12.4 Å². The molecule has 12 rings (SSSR count). The van der Waals surface area contributed by atoms with E-state index < -0.39 is 5.41 Å². The molecule has 0 atom stereocenters. The summed E-state index contributed by atoms with van der Waals surface area (Å²) in [5.41, 5.74) is 15.2. The van der Waals surface area contributed by atoms with Gasteiger partial charge in [0.1, 0.15) is 0 Å². The van der Waals surface area contributed by atoms with Crippen LogP contribution in [0.15, 0.2) is 217 Å². The van der Waals surface area contributed by atoms with E-state index in [-0.39, 0.29) is 0 Å². The predicted molar refractivity (Wildman–Crippen MR) is 247 cm³/mol. The van der Waals surface area contributed by atoms with Crippen molar-refractivity contribution in [2.24, 2.45) is 0 Å². The molecule has 0 bridgehead atoms. The van der Waals surface area contributed by atoms with E-state index in [2.05, 4.69) is 113 Å². The highest BCUT2D eigenvalue weighted by atomic mass is 32.2. The molecule has 0 amide bonds. The largest absolute Gasteiger partial charge is 0.264 e. The summed E-state index contributed by atoms with van der Waals surface area (Å²) in [5, 5.41) is 0. The monoisotopic (exact) mass is 810 g/mol. The van der Waals surface area contributed by atoms with Crippen molar-refractivity contribution in [2.45, 2.75) is 15.2 Å². The molecule has 4 aromatic heterocycles. The van der Waals surface area contributed by atoms with Crippen LogP contribution in [0.1, 0.15) is 22.3 Å². The molecule has 6 nitrogen and oxygen atoms in total. The zero-order valence-electron chi connectivity index (χ0n) is 33.2. The molecule has 7 heteroatoms. The van der Waals surface area contributed by atoms with Gasteiger partial charge in [-0.25, -0.2) is 19.9 Å². The summed E-state index contributed by atoms with van der Waals surface area (Å²) in [6.45, 7) is 0. The highest BCUT2D eigenvalue weighted by Crippen LogP contribution is 2.62. The van der Waals surface area contributed by atoms with Crippen LogP contribution in [0.3, 0.4) is 0 Å². The SMILES string of the molecule is c1ccc(-c2nc(-c3ccccc3)nc(-c3ccc4c(c3)-c3cc(-c5ccc(-c6cccnc6)nc5-c5cccnc5)ccc3C43c4ccccc4Sc4ccccc43)n2)cc1. The molecule has 5 heterocycles. The van der Waals surface area contributed by atoms with Crippen LogP contribution >= 0.6 is 11.8 Å². The van der Waals surface area contributed by atoms with Crippen LogP contribution in [-0.2, 0) is 5.41 Å². The van der Waals surface area contributed by atoms with Crippen LogP contribution in [-0.4, -0.2) is 29.9 Å². The minimum absolute atomic E-state index is 0.557. The molecule has 0 saturated carbocycles. The predicted octanol–water partition coefficient (Wildman–Crippen LogP) is 12.9. The number of hydrogen-bond donors (Lipinski definition) is 0. The molecule has 0 unspecified atom stereocenters. The number of nitrogens with zero attached hydrogens (tertiary/aromatic N) is 6. The first-order valence-electron chi connectivity index (χ1n) is 20.6. The average molecular weight is 811 g/mol. The quantitative estimate of drug-likeness (QED) is 0.165. The second-order valence-corrected chi connectivity index (χ2v) is 16.6. The Bertz CT molecular complexity index is 3220. The van der Waals surface area contributed by atoms with Gasteiger partial charge in [-0.2, -0.15) is 0 Å². The van der Waals surface area contributed by atoms with Crippen LogP contribution in [0, 0.1) is 0 Å². The van der Waals surface area contributed by atoms with Gasteiger partial charge in [-0.05, 0) is 93.5 Å². The standard InChI is InChI=1S/C55H34N6S/c1-3-13-35(14-4-1)52-59-53(36-15-5-2-6-16-36)61-54(60-52)38-24-27-45-43(32-38)42-31-37(41-25-28-48(39-17-11-29-56-33-39)58-51(41)40-18-12-30-57-34-40)23-26-44(42)55(45)46-19-7-9-21-49(46)62-50-22-10-8-20-47(50)55/h1-34H. The first-order valence-corrected chi connectivity index (χ1v) is 21.4. The van der Waals surface area contributed by atoms with Crippen LogP contribution in [0.5, 0.6) is 0 Å². The number of hydrogen-bond acceptors (Lipinski definition) is 7. The van der Waals surface area contributed by atoms with E-state index in [0.29, 0.717) is 17.5 Å². The highest BCUT2D eigenvalue weighted by molar-refractivity contribution is 7.99. The minimum atomic E-state index is -0.557. The third-order valence-corrected chi connectivity index (χ3v) is 13.1. The topological polar surface area (TPSA) is 77.3 Å². The van der Waals surface area contributed by atoms with Crippen molar-refractivity contribution in [2.75, 3.05) is 0 Å². The molecule has 0 N–H and O–H groups in total. The lowest BCUT2D eigenvalue weighted by molar-refractivity contribution is 0.722. The van der Waals surface area contributed by atoms with Crippen molar-refractivity contribution < 1.29 is 0 Å². The molecule has 1 spiro atoms. The van der Waals surface area contributed by atoms with Crippen LogP contribution in [0.25, 0.3) is 78.9 Å². The molecule has 0 radical (unpaired) electrons. The van der Waals surface area contributed by atoms with Gasteiger partial charge in [0.25, 0.3) is 0 Å². The van der Waals surface area contributed by atoms with E-state index in [9.17, 15) is 0 Å². The maximum absolute atomic E-state index is 5.29. The molecule has 10 aromatic rings. The molecule has 290 valence electrons. The molecule has 1 aliphatic carbocycles. The van der Waals surface area contributed by atoms with E-state index in [1.807, 2.05) is 103 Å². The van der Waals surface area contributed by atoms with Gasteiger partial charge in [-0.1, -0.05) is 139 Å². The maximum Gasteiger partial charge on any atom is 0.164 e. The van der Waals surface area contributed by atoms with E-state index in [0.717, 1.165) is 61.5 Å². The number of fused-ring (bicyclic) bond motifs is 9. The summed E-state index contributed by atoms with van der Waals surface area (Å²) >= 11 is 1.85. The van der Waals surface area contributed by atoms with Crippen molar-refractivity contribution in [3.8, 4) is 78.9 Å². The van der Waals surface area contributed by atoms with Crippen molar-refractivity contribution >= 4 is 11.8 Å². The second kappa shape index (κ2) is 14.7. The van der Waals surface area contributed by atoms with Gasteiger partial charge in [0.05, 0.1) is 16.8 Å². The van der Waals surface area contributed by atoms with Gasteiger partial charge in [0.2, 0.25) is 0 Å². The van der Waals surface area contributed by atoms with E-state index in [1.165, 1.54) is 32.0 Å². The molecular formula is C55H34N6S. The lowest BCUT2D eigenvalue weighted by atomic mass is 9.67. The highest BCUT2D eigenvalue weighted by Gasteiger charge is 2.50. The van der Waals surface area contributed by atoms with E-state index >= 15 is 0 Å². The molecule has 2 aliphatic rings. The summed E-state index contributed by atoms with van der Waals surface area (Å²) in [5.74, 6) is 1.88. The fourth-order valence-electron chi connectivity index (χ4n) is 9.24. The van der Waals surface area contributed by atoms with Gasteiger partial charge < -0.3 is 0 Å². The van der Waals surface area contributed by atoms with Gasteiger partial charge in [0, 0.05) is 68.0 Å². The first kappa shape index (κ1) is 36.0. The molecule has 62 heavy (non-hydrogen) atoms. The Kier molecular flexibility index (Phi) is 8.54. The minimum Gasteiger partial charge on any atom is -0.264 e. The lowest BCUT2D eigenvalue weighted by Gasteiger charge is -2.39. The number of benzene rings is 6.